The number of nitrogens with zero attached hydrogens (tertiary/aromatic N) is 1. The van der Waals surface area contributed by atoms with Crippen LogP contribution in [0, 0.1) is 0 Å². The van der Waals surface area contributed by atoms with Gasteiger partial charge in [-0.2, -0.15) is 0 Å². The predicted octanol–water partition coefficient (Wildman–Crippen LogP) is 2.75. The minimum Gasteiger partial charge on any atom is -0.465 e. The SMILES string of the molecule is CCN(c1ccccc1)S(=O)(=O)c1ccsc1C(=O)OC. The van der Waals surface area contributed by atoms with Gasteiger partial charge in [-0.3, -0.25) is 4.31 Å². The molecule has 0 saturated heterocycles. The van der Waals surface area contributed by atoms with Crippen molar-refractivity contribution in [3.63, 3.8) is 0 Å². The molecule has 112 valence electrons. The van der Waals surface area contributed by atoms with Gasteiger partial charge in [-0.05, 0) is 30.5 Å². The number of anilines is 1. The number of sulfonamides is 1. The standard InChI is InChI=1S/C14H15NO4S2/c1-3-15(11-7-5-4-6-8-11)21(17,18)12-9-10-20-13(12)14(16)19-2/h4-10H,3H2,1-2H3. The minimum absolute atomic E-state index is 0.0231. The Morgan fingerprint density at radius 1 is 1.24 bits per heavy atom. The summed E-state index contributed by atoms with van der Waals surface area (Å²) in [7, 11) is -2.57. The van der Waals surface area contributed by atoms with Gasteiger partial charge in [0.1, 0.15) is 9.77 Å². The number of thiophene rings is 1. The Morgan fingerprint density at radius 3 is 2.48 bits per heavy atom. The second-order valence-corrected chi connectivity index (χ2v) is 6.86. The average molecular weight is 325 g/mol. The van der Waals surface area contributed by atoms with E-state index in [0.29, 0.717) is 5.69 Å². The molecule has 7 heteroatoms. The van der Waals surface area contributed by atoms with Crippen molar-refractivity contribution >= 4 is 33.0 Å². The Kier molecular flexibility index (Phi) is 4.64. The highest BCUT2D eigenvalue weighted by Gasteiger charge is 2.29. The fourth-order valence-electron chi connectivity index (χ4n) is 1.95. The van der Waals surface area contributed by atoms with E-state index in [4.69, 9.17) is 0 Å². The second-order valence-electron chi connectivity index (χ2n) is 4.11. The lowest BCUT2D eigenvalue weighted by molar-refractivity contribution is 0.0602. The summed E-state index contributed by atoms with van der Waals surface area (Å²) in [5.74, 6) is -0.646. The molecule has 0 fully saturated rings. The first kappa shape index (κ1) is 15.5. The summed E-state index contributed by atoms with van der Waals surface area (Å²) in [6.45, 7) is 2.01. The van der Waals surface area contributed by atoms with Crippen LogP contribution in [0.2, 0.25) is 0 Å². The van der Waals surface area contributed by atoms with Crippen LogP contribution in [0.15, 0.2) is 46.7 Å². The van der Waals surface area contributed by atoms with Crippen LogP contribution in [0.3, 0.4) is 0 Å². The van der Waals surface area contributed by atoms with Crippen molar-refractivity contribution in [2.75, 3.05) is 18.0 Å². The van der Waals surface area contributed by atoms with Gasteiger partial charge in [0, 0.05) is 6.54 Å². The number of hydrogen-bond acceptors (Lipinski definition) is 5. The van der Waals surface area contributed by atoms with Crippen LogP contribution in [0.5, 0.6) is 0 Å². The summed E-state index contributed by atoms with van der Waals surface area (Å²) in [6, 6.07) is 10.2. The van der Waals surface area contributed by atoms with E-state index in [1.165, 1.54) is 17.5 Å². The lowest BCUT2D eigenvalue weighted by Crippen LogP contribution is -2.31. The van der Waals surface area contributed by atoms with Crippen molar-refractivity contribution in [3.8, 4) is 0 Å². The van der Waals surface area contributed by atoms with Gasteiger partial charge in [-0.1, -0.05) is 18.2 Å². The summed E-state index contributed by atoms with van der Waals surface area (Å²) in [5.41, 5.74) is 0.557. The van der Waals surface area contributed by atoms with Crippen LogP contribution in [-0.2, 0) is 14.8 Å². The number of carbonyl (C=O) groups is 1. The highest BCUT2D eigenvalue weighted by Crippen LogP contribution is 2.29. The van der Waals surface area contributed by atoms with Crippen molar-refractivity contribution in [2.45, 2.75) is 11.8 Å². The molecule has 0 aliphatic heterocycles. The fraction of sp³-hybridized carbons (Fsp3) is 0.214. The Morgan fingerprint density at radius 2 is 1.90 bits per heavy atom. The third kappa shape index (κ3) is 2.93. The van der Waals surface area contributed by atoms with Gasteiger partial charge in [0.05, 0.1) is 12.8 Å². The van der Waals surface area contributed by atoms with E-state index in [1.807, 2.05) is 6.07 Å². The highest BCUT2D eigenvalue weighted by atomic mass is 32.2. The molecule has 0 saturated carbocycles. The van der Waals surface area contributed by atoms with Crippen molar-refractivity contribution in [2.24, 2.45) is 0 Å². The quantitative estimate of drug-likeness (QED) is 0.793. The van der Waals surface area contributed by atoms with Crippen molar-refractivity contribution in [3.05, 3.63) is 46.7 Å². The number of methoxy groups -OCH3 is 1. The molecular weight excluding hydrogens is 310 g/mol. The van der Waals surface area contributed by atoms with Crippen LogP contribution in [0.25, 0.3) is 0 Å². The molecule has 1 heterocycles. The van der Waals surface area contributed by atoms with Gasteiger partial charge in [0.25, 0.3) is 10.0 Å². The number of rotatable bonds is 5. The topological polar surface area (TPSA) is 63.7 Å². The normalized spacial score (nSPS) is 11.1. The van der Waals surface area contributed by atoms with E-state index in [1.54, 1.807) is 36.6 Å². The summed E-state index contributed by atoms with van der Waals surface area (Å²) in [6.07, 6.45) is 0. The van der Waals surface area contributed by atoms with E-state index in [-0.39, 0.29) is 16.3 Å². The van der Waals surface area contributed by atoms with Crippen LogP contribution < -0.4 is 4.31 Å². The van der Waals surface area contributed by atoms with Crippen LogP contribution in [0.1, 0.15) is 16.6 Å². The predicted molar refractivity (Wildman–Crippen MR) is 82.3 cm³/mol. The maximum atomic E-state index is 12.8. The minimum atomic E-state index is -3.80. The largest absolute Gasteiger partial charge is 0.465 e. The molecule has 0 radical (unpaired) electrons. The lowest BCUT2D eigenvalue weighted by Gasteiger charge is -2.22. The zero-order valence-corrected chi connectivity index (χ0v) is 13.3. The average Bonchev–Trinajstić information content (AvgIpc) is 2.98. The van der Waals surface area contributed by atoms with Gasteiger partial charge >= 0.3 is 5.97 Å². The van der Waals surface area contributed by atoms with E-state index in [9.17, 15) is 13.2 Å². The Balaban J connectivity index is 2.51. The molecule has 0 N–H and O–H groups in total. The van der Waals surface area contributed by atoms with Gasteiger partial charge in [0.2, 0.25) is 0 Å². The molecule has 0 aliphatic rings. The first-order valence-corrected chi connectivity index (χ1v) is 8.58. The first-order chi connectivity index (χ1) is 10.0. The van der Waals surface area contributed by atoms with Crippen molar-refractivity contribution in [1.29, 1.82) is 0 Å². The monoisotopic (exact) mass is 325 g/mol. The number of carbonyl (C=O) groups excluding carboxylic acids is 1. The molecule has 1 aromatic heterocycles. The van der Waals surface area contributed by atoms with E-state index >= 15 is 0 Å². The zero-order chi connectivity index (χ0) is 15.5. The Hall–Kier alpha value is -1.86. The number of para-hydroxylation sites is 1. The highest BCUT2D eigenvalue weighted by molar-refractivity contribution is 7.93. The van der Waals surface area contributed by atoms with Crippen LogP contribution >= 0.6 is 11.3 Å². The van der Waals surface area contributed by atoms with Crippen LogP contribution in [-0.4, -0.2) is 28.0 Å². The molecule has 0 spiro atoms. The van der Waals surface area contributed by atoms with Crippen molar-refractivity contribution < 1.29 is 17.9 Å². The molecule has 21 heavy (non-hydrogen) atoms. The van der Waals surface area contributed by atoms with Crippen LogP contribution in [0.4, 0.5) is 5.69 Å². The molecule has 1 aromatic carbocycles. The van der Waals surface area contributed by atoms with Gasteiger partial charge in [-0.25, -0.2) is 13.2 Å². The third-order valence-corrected chi connectivity index (χ3v) is 5.87. The first-order valence-electron chi connectivity index (χ1n) is 6.26. The molecule has 0 unspecified atom stereocenters. The van der Waals surface area contributed by atoms with Gasteiger partial charge in [-0.15, -0.1) is 11.3 Å². The summed E-state index contributed by atoms with van der Waals surface area (Å²) >= 11 is 1.05. The molecule has 0 amide bonds. The smallest absolute Gasteiger partial charge is 0.349 e. The number of esters is 1. The maximum Gasteiger partial charge on any atom is 0.349 e. The number of benzene rings is 1. The molecule has 0 atom stereocenters. The van der Waals surface area contributed by atoms with Gasteiger partial charge in [0.15, 0.2) is 0 Å². The molecule has 2 aromatic rings. The van der Waals surface area contributed by atoms with E-state index < -0.39 is 16.0 Å². The summed E-state index contributed by atoms with van der Waals surface area (Å²) in [4.78, 5) is 11.8. The van der Waals surface area contributed by atoms with Crippen molar-refractivity contribution in [1.82, 2.24) is 0 Å². The third-order valence-electron chi connectivity index (χ3n) is 2.90. The fourth-order valence-corrected chi connectivity index (χ4v) is 4.73. The molecule has 0 aliphatic carbocycles. The Labute approximate surface area is 127 Å². The summed E-state index contributed by atoms with van der Waals surface area (Å²) < 4.78 is 31.5. The second kappa shape index (κ2) is 6.28. The lowest BCUT2D eigenvalue weighted by atomic mass is 10.3. The zero-order valence-electron chi connectivity index (χ0n) is 11.6. The molecule has 5 nitrogen and oxygen atoms in total. The molecule has 0 bridgehead atoms. The molecular formula is C14H15NO4S2. The molecule has 2 rings (SSSR count). The number of hydrogen-bond donors (Lipinski definition) is 0. The van der Waals surface area contributed by atoms with E-state index in [0.717, 1.165) is 11.3 Å². The Bertz CT molecular complexity index is 722. The van der Waals surface area contributed by atoms with Gasteiger partial charge < -0.3 is 4.74 Å². The summed E-state index contributed by atoms with van der Waals surface area (Å²) in [5, 5.41) is 1.57. The maximum absolute atomic E-state index is 12.8. The number of ether oxygens (including phenoxy) is 1. The van der Waals surface area contributed by atoms with E-state index in [2.05, 4.69) is 4.74 Å².